The summed E-state index contributed by atoms with van der Waals surface area (Å²) in [6.07, 6.45) is 1.03. The topological polar surface area (TPSA) is 23.8 Å². The summed E-state index contributed by atoms with van der Waals surface area (Å²) in [7, 11) is 0. The molecule has 0 N–H and O–H groups in total. The molecule has 1 aliphatic carbocycles. The van der Waals surface area contributed by atoms with Crippen LogP contribution in [0.1, 0.15) is 17.9 Å². The molecule has 1 nitrogen and oxygen atoms in total. The van der Waals surface area contributed by atoms with Gasteiger partial charge < -0.3 is 0 Å². The summed E-state index contributed by atoms with van der Waals surface area (Å²) in [5.74, 6) is 0.719. The first kappa shape index (κ1) is 8.49. The summed E-state index contributed by atoms with van der Waals surface area (Å²) in [5.41, 5.74) is 1.35. The van der Waals surface area contributed by atoms with Crippen LogP contribution in [0.5, 0.6) is 0 Å². The lowest BCUT2D eigenvalue weighted by Gasteiger charge is -2.04. The Morgan fingerprint density at radius 3 is 2.67 bits per heavy atom. The Hall–Kier alpha value is -1.81. The van der Waals surface area contributed by atoms with Gasteiger partial charge in [0.2, 0.25) is 0 Å². The van der Waals surface area contributed by atoms with Crippen molar-refractivity contribution in [3.63, 3.8) is 0 Å². The van der Waals surface area contributed by atoms with Gasteiger partial charge in [0, 0.05) is 5.92 Å². The summed E-state index contributed by atoms with van der Waals surface area (Å²) in [4.78, 5) is 0. The number of hydrogen-bond acceptors (Lipinski definition) is 1. The van der Waals surface area contributed by atoms with Crippen LogP contribution in [-0.2, 0) is 0 Å². The van der Waals surface area contributed by atoms with E-state index in [0.717, 1.165) is 6.42 Å². The molecule has 0 aliphatic heterocycles. The molecule has 2 aromatic carbocycles. The smallest absolute Gasteiger partial charge is 0.0662 e. The predicted octanol–water partition coefficient (Wildman–Crippen LogP) is 3.47. The molecule has 2 atom stereocenters. The van der Waals surface area contributed by atoms with Gasteiger partial charge in [-0.15, -0.1) is 0 Å². The molecule has 1 saturated carbocycles. The molecule has 0 heterocycles. The van der Waals surface area contributed by atoms with Crippen molar-refractivity contribution >= 4 is 10.8 Å². The van der Waals surface area contributed by atoms with Crippen molar-refractivity contribution in [2.45, 2.75) is 12.3 Å². The van der Waals surface area contributed by atoms with Crippen molar-refractivity contribution in [2.75, 3.05) is 0 Å². The molecular formula is C14H11N. The molecule has 72 valence electrons. The first-order valence-corrected chi connectivity index (χ1v) is 5.27. The summed E-state index contributed by atoms with van der Waals surface area (Å²) in [6.45, 7) is 0. The first-order valence-electron chi connectivity index (χ1n) is 5.27. The average Bonchev–Trinajstić information content (AvgIpc) is 3.07. The van der Waals surface area contributed by atoms with Crippen molar-refractivity contribution < 1.29 is 0 Å². The quantitative estimate of drug-likeness (QED) is 0.680. The Kier molecular flexibility index (Phi) is 1.76. The SMILES string of the molecule is N#CC1CC1c1cccc2ccccc12. The van der Waals surface area contributed by atoms with Crippen LogP contribution in [0.4, 0.5) is 0 Å². The third kappa shape index (κ3) is 1.30. The second-order valence-electron chi connectivity index (χ2n) is 4.15. The van der Waals surface area contributed by atoms with Crippen LogP contribution in [0.25, 0.3) is 10.8 Å². The van der Waals surface area contributed by atoms with Gasteiger partial charge in [-0.05, 0) is 22.8 Å². The molecule has 15 heavy (non-hydrogen) atoms. The number of hydrogen-bond donors (Lipinski definition) is 0. The molecule has 1 fully saturated rings. The normalized spacial score (nSPS) is 23.7. The maximum Gasteiger partial charge on any atom is 0.0662 e. The average molecular weight is 193 g/mol. The second-order valence-corrected chi connectivity index (χ2v) is 4.15. The fourth-order valence-corrected chi connectivity index (χ4v) is 2.26. The monoisotopic (exact) mass is 193 g/mol. The zero-order valence-electron chi connectivity index (χ0n) is 8.35. The fraction of sp³-hybridized carbons (Fsp3) is 0.214. The van der Waals surface area contributed by atoms with Crippen LogP contribution in [-0.4, -0.2) is 0 Å². The minimum Gasteiger partial charge on any atom is -0.198 e. The van der Waals surface area contributed by atoms with Crippen molar-refractivity contribution in [3.8, 4) is 6.07 Å². The van der Waals surface area contributed by atoms with Crippen molar-refractivity contribution in [1.29, 1.82) is 5.26 Å². The van der Waals surface area contributed by atoms with E-state index in [4.69, 9.17) is 5.26 Å². The van der Waals surface area contributed by atoms with E-state index in [2.05, 4.69) is 48.5 Å². The van der Waals surface area contributed by atoms with E-state index in [0.29, 0.717) is 5.92 Å². The summed E-state index contributed by atoms with van der Waals surface area (Å²) >= 11 is 0. The molecule has 0 aromatic heterocycles. The standard InChI is InChI=1S/C14H11N/c15-9-11-8-14(11)13-7-3-5-10-4-1-2-6-12(10)13/h1-7,11,14H,8H2. The predicted molar refractivity (Wildman–Crippen MR) is 60.4 cm³/mol. The Morgan fingerprint density at radius 2 is 1.87 bits per heavy atom. The highest BCUT2D eigenvalue weighted by molar-refractivity contribution is 5.86. The third-order valence-electron chi connectivity index (χ3n) is 3.18. The second kappa shape index (κ2) is 3.10. The van der Waals surface area contributed by atoms with Crippen LogP contribution in [0.2, 0.25) is 0 Å². The van der Waals surface area contributed by atoms with Gasteiger partial charge in [-0.2, -0.15) is 5.26 Å². The van der Waals surface area contributed by atoms with Crippen LogP contribution in [0.15, 0.2) is 42.5 Å². The zero-order valence-corrected chi connectivity index (χ0v) is 8.35. The Balaban J connectivity index is 2.16. The highest BCUT2D eigenvalue weighted by atomic mass is 14.4. The summed E-state index contributed by atoms with van der Waals surface area (Å²) in [6, 6.07) is 17.1. The first-order chi connectivity index (χ1) is 7.40. The molecule has 2 aromatic rings. The van der Waals surface area contributed by atoms with E-state index in [1.54, 1.807) is 0 Å². The van der Waals surface area contributed by atoms with Crippen LogP contribution >= 0.6 is 0 Å². The molecule has 0 radical (unpaired) electrons. The van der Waals surface area contributed by atoms with Gasteiger partial charge in [0.25, 0.3) is 0 Å². The van der Waals surface area contributed by atoms with Gasteiger partial charge >= 0.3 is 0 Å². The molecule has 3 rings (SSSR count). The minimum atomic E-state index is 0.246. The lowest BCUT2D eigenvalue weighted by molar-refractivity contribution is 1.03. The highest BCUT2D eigenvalue weighted by Gasteiger charge is 2.39. The van der Waals surface area contributed by atoms with Crippen molar-refractivity contribution in [1.82, 2.24) is 0 Å². The maximum absolute atomic E-state index is 8.86. The number of rotatable bonds is 1. The van der Waals surface area contributed by atoms with Crippen LogP contribution < -0.4 is 0 Å². The third-order valence-corrected chi connectivity index (χ3v) is 3.18. The van der Waals surface area contributed by atoms with Crippen molar-refractivity contribution in [2.24, 2.45) is 5.92 Å². The lowest BCUT2D eigenvalue weighted by atomic mass is 10.0. The largest absolute Gasteiger partial charge is 0.198 e. The molecule has 2 unspecified atom stereocenters. The van der Waals surface area contributed by atoms with Gasteiger partial charge in [0.05, 0.1) is 12.0 Å². The van der Waals surface area contributed by atoms with E-state index >= 15 is 0 Å². The molecule has 1 heteroatoms. The van der Waals surface area contributed by atoms with Gasteiger partial charge in [0.1, 0.15) is 0 Å². The molecule has 0 bridgehead atoms. The number of benzene rings is 2. The minimum absolute atomic E-state index is 0.246. The van der Waals surface area contributed by atoms with Gasteiger partial charge in [-0.1, -0.05) is 42.5 Å². The Bertz CT molecular complexity index is 545. The van der Waals surface area contributed by atoms with E-state index in [9.17, 15) is 0 Å². The summed E-state index contributed by atoms with van der Waals surface area (Å²) in [5, 5.41) is 11.4. The van der Waals surface area contributed by atoms with E-state index < -0.39 is 0 Å². The Labute approximate surface area is 89.0 Å². The highest BCUT2D eigenvalue weighted by Crippen LogP contribution is 2.48. The number of nitrogens with zero attached hydrogens (tertiary/aromatic N) is 1. The maximum atomic E-state index is 8.86. The molecule has 1 aliphatic rings. The molecular weight excluding hydrogens is 182 g/mol. The number of fused-ring (bicyclic) bond motifs is 1. The number of nitriles is 1. The van der Waals surface area contributed by atoms with Gasteiger partial charge in [0.15, 0.2) is 0 Å². The van der Waals surface area contributed by atoms with Gasteiger partial charge in [-0.25, -0.2) is 0 Å². The van der Waals surface area contributed by atoms with E-state index in [-0.39, 0.29) is 5.92 Å². The van der Waals surface area contributed by atoms with Gasteiger partial charge in [-0.3, -0.25) is 0 Å². The van der Waals surface area contributed by atoms with Crippen molar-refractivity contribution in [3.05, 3.63) is 48.0 Å². The van der Waals surface area contributed by atoms with E-state index in [1.807, 2.05) is 0 Å². The van der Waals surface area contributed by atoms with Crippen LogP contribution in [0, 0.1) is 17.2 Å². The Morgan fingerprint density at radius 1 is 1.07 bits per heavy atom. The fourth-order valence-electron chi connectivity index (χ4n) is 2.26. The summed E-state index contributed by atoms with van der Waals surface area (Å²) < 4.78 is 0. The lowest BCUT2D eigenvalue weighted by Crippen LogP contribution is -1.84. The molecule has 0 saturated heterocycles. The zero-order chi connectivity index (χ0) is 10.3. The molecule has 0 amide bonds. The van der Waals surface area contributed by atoms with Crippen LogP contribution in [0.3, 0.4) is 0 Å². The van der Waals surface area contributed by atoms with E-state index in [1.165, 1.54) is 16.3 Å². The molecule has 0 spiro atoms.